The topological polar surface area (TPSA) is 98.2 Å². The lowest BCUT2D eigenvalue weighted by Gasteiger charge is -2.13. The first kappa shape index (κ1) is 13.7. The predicted molar refractivity (Wildman–Crippen MR) is 56.1 cm³/mol. The van der Waals surface area contributed by atoms with Gasteiger partial charge in [0.25, 0.3) is 10.2 Å². The molecule has 0 saturated carbocycles. The van der Waals surface area contributed by atoms with Crippen molar-refractivity contribution in [3.8, 4) is 0 Å². The Bertz CT molecular complexity index is 513. The quantitative estimate of drug-likeness (QED) is 0.756. The molecule has 0 saturated heterocycles. The highest BCUT2D eigenvalue weighted by molar-refractivity contribution is 7.90. The van der Waals surface area contributed by atoms with Crippen molar-refractivity contribution in [3.63, 3.8) is 0 Å². The molecule has 5 nitrogen and oxygen atoms in total. The number of benzene rings is 1. The summed E-state index contributed by atoms with van der Waals surface area (Å²) in [5.41, 5.74) is 3.78. The van der Waals surface area contributed by atoms with E-state index in [9.17, 15) is 21.6 Å². The van der Waals surface area contributed by atoms with Gasteiger partial charge in [-0.3, -0.25) is 4.72 Å². The third kappa shape index (κ3) is 3.88. The molecule has 0 radical (unpaired) electrons. The first-order valence-corrected chi connectivity index (χ1v) is 5.89. The highest BCUT2D eigenvalue weighted by atomic mass is 32.2. The lowest BCUT2D eigenvalue weighted by atomic mass is 10.1. The van der Waals surface area contributed by atoms with Crippen LogP contribution in [0.3, 0.4) is 0 Å². The predicted octanol–water partition coefficient (Wildman–Crippen LogP) is 0.780. The zero-order valence-electron chi connectivity index (χ0n) is 8.45. The van der Waals surface area contributed by atoms with Crippen LogP contribution in [0, 0.1) is 0 Å². The minimum Gasteiger partial charge on any atom is -0.326 e. The Morgan fingerprint density at radius 2 is 1.88 bits per heavy atom. The van der Waals surface area contributed by atoms with Crippen molar-refractivity contribution in [3.05, 3.63) is 29.3 Å². The van der Waals surface area contributed by atoms with Gasteiger partial charge in [-0.2, -0.15) is 21.6 Å². The van der Waals surface area contributed by atoms with E-state index in [1.165, 1.54) is 0 Å². The van der Waals surface area contributed by atoms with Crippen LogP contribution in [-0.4, -0.2) is 8.42 Å². The Morgan fingerprint density at radius 1 is 1.29 bits per heavy atom. The van der Waals surface area contributed by atoms with E-state index >= 15 is 0 Å². The van der Waals surface area contributed by atoms with Crippen molar-refractivity contribution in [1.82, 2.24) is 0 Å². The van der Waals surface area contributed by atoms with Gasteiger partial charge >= 0.3 is 6.18 Å². The summed E-state index contributed by atoms with van der Waals surface area (Å²) in [6, 6.07) is 2.89. The summed E-state index contributed by atoms with van der Waals surface area (Å²) >= 11 is 0. The van der Waals surface area contributed by atoms with E-state index in [-0.39, 0.29) is 17.8 Å². The van der Waals surface area contributed by atoms with Crippen LogP contribution in [0.4, 0.5) is 18.9 Å². The maximum atomic E-state index is 12.6. The normalized spacial score (nSPS) is 12.5. The molecule has 96 valence electrons. The van der Waals surface area contributed by atoms with E-state index in [2.05, 4.69) is 5.14 Å². The average Bonchev–Trinajstić information content (AvgIpc) is 2.13. The molecule has 0 bridgehead atoms. The number of nitrogens with two attached hydrogens (primary N) is 2. The minimum absolute atomic E-state index is 0.127. The number of nitrogens with one attached hydrogen (secondary N) is 1. The first-order valence-electron chi connectivity index (χ1n) is 4.34. The van der Waals surface area contributed by atoms with Gasteiger partial charge < -0.3 is 5.73 Å². The van der Waals surface area contributed by atoms with Crippen LogP contribution in [0.1, 0.15) is 11.1 Å². The number of hydrogen-bond donors (Lipinski definition) is 3. The summed E-state index contributed by atoms with van der Waals surface area (Å²) in [5.74, 6) is 0. The Kier molecular flexibility index (Phi) is 3.65. The van der Waals surface area contributed by atoms with Crippen molar-refractivity contribution < 1.29 is 21.6 Å². The number of alkyl halides is 3. The molecule has 0 spiro atoms. The van der Waals surface area contributed by atoms with Crippen molar-refractivity contribution in [2.24, 2.45) is 10.9 Å². The number of hydrogen-bond acceptors (Lipinski definition) is 3. The number of anilines is 1. The van der Waals surface area contributed by atoms with Gasteiger partial charge in [-0.05, 0) is 17.7 Å². The van der Waals surface area contributed by atoms with Crippen molar-refractivity contribution in [2.45, 2.75) is 12.7 Å². The number of halogens is 3. The summed E-state index contributed by atoms with van der Waals surface area (Å²) in [6.45, 7) is -0.301. The molecule has 1 rings (SSSR count). The molecule has 0 aromatic heterocycles. The van der Waals surface area contributed by atoms with Crippen LogP contribution >= 0.6 is 0 Å². The Labute approximate surface area is 95.8 Å². The Morgan fingerprint density at radius 3 is 2.29 bits per heavy atom. The van der Waals surface area contributed by atoms with E-state index < -0.39 is 21.9 Å². The van der Waals surface area contributed by atoms with Gasteiger partial charge in [0.15, 0.2) is 0 Å². The molecule has 17 heavy (non-hydrogen) atoms. The van der Waals surface area contributed by atoms with Gasteiger partial charge in [-0.15, -0.1) is 0 Å². The summed E-state index contributed by atoms with van der Waals surface area (Å²) in [4.78, 5) is 0. The molecule has 1 aromatic carbocycles. The molecule has 1 aromatic rings. The average molecular weight is 269 g/mol. The minimum atomic E-state index is -4.61. The lowest BCUT2D eigenvalue weighted by molar-refractivity contribution is -0.138. The lowest BCUT2D eigenvalue weighted by Crippen LogP contribution is -2.22. The van der Waals surface area contributed by atoms with Crippen LogP contribution in [0.25, 0.3) is 0 Å². The standard InChI is InChI=1S/C8H10F3N3O2S/c9-8(10,11)7-3-6(14-17(13,15)16)2-1-5(7)4-12/h1-3,14H,4,12H2,(H2,13,15,16). The second-order valence-corrected chi connectivity index (χ2v) is 4.52. The maximum Gasteiger partial charge on any atom is 0.416 e. The van der Waals surface area contributed by atoms with Gasteiger partial charge in [-0.25, -0.2) is 5.14 Å². The first-order chi connectivity index (χ1) is 7.63. The molecule has 0 fully saturated rings. The van der Waals surface area contributed by atoms with Gasteiger partial charge in [-0.1, -0.05) is 6.07 Å². The van der Waals surface area contributed by atoms with Crippen LogP contribution in [0.15, 0.2) is 18.2 Å². The van der Waals surface area contributed by atoms with E-state index in [0.717, 1.165) is 12.1 Å². The van der Waals surface area contributed by atoms with Gasteiger partial charge in [0.05, 0.1) is 11.3 Å². The van der Waals surface area contributed by atoms with Crippen molar-refractivity contribution >= 4 is 15.9 Å². The van der Waals surface area contributed by atoms with E-state index in [1.807, 2.05) is 0 Å². The fourth-order valence-corrected chi connectivity index (χ4v) is 1.70. The molecular formula is C8H10F3N3O2S. The smallest absolute Gasteiger partial charge is 0.326 e. The number of rotatable bonds is 3. The molecular weight excluding hydrogens is 259 g/mol. The summed E-state index contributed by atoms with van der Waals surface area (Å²) in [7, 11) is -4.11. The van der Waals surface area contributed by atoms with Crippen LogP contribution in [0.2, 0.25) is 0 Å². The van der Waals surface area contributed by atoms with Crippen LogP contribution in [0.5, 0.6) is 0 Å². The highest BCUT2D eigenvalue weighted by Crippen LogP contribution is 2.33. The molecule has 0 aliphatic carbocycles. The third-order valence-electron chi connectivity index (χ3n) is 1.90. The van der Waals surface area contributed by atoms with Crippen molar-refractivity contribution in [2.75, 3.05) is 4.72 Å². The molecule has 0 unspecified atom stereocenters. The largest absolute Gasteiger partial charge is 0.416 e. The fourth-order valence-electron chi connectivity index (χ4n) is 1.25. The molecule has 0 aliphatic rings. The fraction of sp³-hybridized carbons (Fsp3) is 0.250. The van der Waals surface area contributed by atoms with Crippen molar-refractivity contribution in [1.29, 1.82) is 0 Å². The molecule has 0 heterocycles. The van der Waals surface area contributed by atoms with Gasteiger partial charge in [0, 0.05) is 6.54 Å². The maximum absolute atomic E-state index is 12.6. The van der Waals surface area contributed by atoms with Crippen LogP contribution in [-0.2, 0) is 22.9 Å². The molecule has 9 heteroatoms. The molecule has 0 aliphatic heterocycles. The molecule has 5 N–H and O–H groups in total. The zero-order chi connectivity index (χ0) is 13.3. The molecule has 0 amide bonds. The summed E-state index contributed by atoms with van der Waals surface area (Å²) < 4.78 is 60.9. The van der Waals surface area contributed by atoms with Gasteiger partial charge in [0.1, 0.15) is 0 Å². The summed E-state index contributed by atoms with van der Waals surface area (Å²) in [6.07, 6.45) is -4.61. The Hall–Kier alpha value is -1.32. The second-order valence-electron chi connectivity index (χ2n) is 3.22. The zero-order valence-corrected chi connectivity index (χ0v) is 9.27. The van der Waals surface area contributed by atoms with E-state index in [1.54, 1.807) is 4.72 Å². The van der Waals surface area contributed by atoms with E-state index in [0.29, 0.717) is 6.07 Å². The Balaban J connectivity index is 3.23. The SMILES string of the molecule is NCc1ccc(NS(N)(=O)=O)cc1C(F)(F)F. The van der Waals surface area contributed by atoms with Gasteiger partial charge in [0.2, 0.25) is 0 Å². The highest BCUT2D eigenvalue weighted by Gasteiger charge is 2.33. The van der Waals surface area contributed by atoms with Crippen LogP contribution < -0.4 is 15.6 Å². The second kappa shape index (κ2) is 4.51. The molecule has 0 atom stereocenters. The third-order valence-corrected chi connectivity index (χ3v) is 2.42. The monoisotopic (exact) mass is 269 g/mol. The summed E-state index contributed by atoms with van der Waals surface area (Å²) in [5, 5.41) is 4.65. The van der Waals surface area contributed by atoms with E-state index in [4.69, 9.17) is 5.73 Å².